The van der Waals surface area contributed by atoms with Crippen LogP contribution in [0.2, 0.25) is 0 Å². The van der Waals surface area contributed by atoms with Gasteiger partial charge >= 0.3 is 0 Å². The third-order valence-electron chi connectivity index (χ3n) is 5.39. The molecule has 0 amide bonds. The van der Waals surface area contributed by atoms with Crippen LogP contribution in [-0.4, -0.2) is 30.0 Å². The van der Waals surface area contributed by atoms with Crippen LogP contribution in [0.3, 0.4) is 0 Å². The second-order valence-corrected chi connectivity index (χ2v) is 8.31. The highest BCUT2D eigenvalue weighted by Crippen LogP contribution is 2.30. The standard InChI is InChI=1S/C24H31N3S/c1-6-19-8-10-20(11-9-19)23-16-28-24(26-23)25-22-15-17(3)21(14-18(22)4)12-13-27(5)7-2/h8-11,14-16H,6-7,12-13H2,1-5H3,(H,25,26). The number of nitrogens with one attached hydrogen (secondary N) is 1. The van der Waals surface area contributed by atoms with Crippen molar-refractivity contribution in [2.75, 3.05) is 25.5 Å². The Morgan fingerprint density at radius 3 is 2.46 bits per heavy atom. The van der Waals surface area contributed by atoms with Crippen molar-refractivity contribution in [3.8, 4) is 11.3 Å². The van der Waals surface area contributed by atoms with Crippen molar-refractivity contribution in [3.63, 3.8) is 0 Å². The third kappa shape index (κ3) is 5.00. The predicted molar refractivity (Wildman–Crippen MR) is 123 cm³/mol. The van der Waals surface area contributed by atoms with Crippen LogP contribution in [0.4, 0.5) is 10.8 Å². The first-order valence-corrected chi connectivity index (χ1v) is 11.0. The summed E-state index contributed by atoms with van der Waals surface area (Å²) in [5.41, 5.74) is 8.74. The lowest BCUT2D eigenvalue weighted by molar-refractivity contribution is 0.357. The summed E-state index contributed by atoms with van der Waals surface area (Å²) in [5, 5.41) is 6.59. The molecule has 0 aliphatic carbocycles. The first-order valence-electron chi connectivity index (χ1n) is 10.1. The molecule has 0 saturated heterocycles. The number of anilines is 2. The molecule has 3 aromatic rings. The number of likely N-dealkylation sites (N-methyl/N-ethyl adjacent to an activating group) is 1. The normalized spacial score (nSPS) is 11.2. The van der Waals surface area contributed by atoms with Crippen LogP contribution in [0.5, 0.6) is 0 Å². The Morgan fingerprint density at radius 1 is 1.04 bits per heavy atom. The van der Waals surface area contributed by atoms with Gasteiger partial charge in [-0.3, -0.25) is 0 Å². The molecular formula is C24H31N3S. The first-order chi connectivity index (χ1) is 13.5. The van der Waals surface area contributed by atoms with Crippen LogP contribution in [0, 0.1) is 13.8 Å². The van der Waals surface area contributed by atoms with Crippen LogP contribution in [0.25, 0.3) is 11.3 Å². The predicted octanol–water partition coefficient (Wildman–Crippen LogP) is 6.23. The van der Waals surface area contributed by atoms with Gasteiger partial charge in [0.05, 0.1) is 5.69 Å². The maximum Gasteiger partial charge on any atom is 0.187 e. The lowest BCUT2D eigenvalue weighted by Crippen LogP contribution is -2.20. The minimum Gasteiger partial charge on any atom is -0.331 e. The van der Waals surface area contributed by atoms with Gasteiger partial charge in [-0.15, -0.1) is 11.3 Å². The maximum atomic E-state index is 4.80. The molecule has 1 N–H and O–H groups in total. The molecule has 1 heterocycles. The average Bonchev–Trinajstić information content (AvgIpc) is 3.17. The van der Waals surface area contributed by atoms with E-state index in [1.54, 1.807) is 11.3 Å². The maximum absolute atomic E-state index is 4.80. The van der Waals surface area contributed by atoms with E-state index >= 15 is 0 Å². The summed E-state index contributed by atoms with van der Waals surface area (Å²) >= 11 is 1.66. The van der Waals surface area contributed by atoms with Crippen LogP contribution < -0.4 is 5.32 Å². The van der Waals surface area contributed by atoms with E-state index in [4.69, 9.17) is 4.98 Å². The number of benzene rings is 2. The lowest BCUT2D eigenvalue weighted by atomic mass is 10.0. The molecule has 0 unspecified atom stereocenters. The van der Waals surface area contributed by atoms with E-state index in [0.717, 1.165) is 42.4 Å². The number of hydrogen-bond acceptors (Lipinski definition) is 4. The fraction of sp³-hybridized carbons (Fsp3) is 0.375. The van der Waals surface area contributed by atoms with E-state index in [0.29, 0.717) is 0 Å². The largest absolute Gasteiger partial charge is 0.331 e. The summed E-state index contributed by atoms with van der Waals surface area (Å²) in [7, 11) is 2.17. The Kier molecular flexibility index (Phi) is 6.87. The van der Waals surface area contributed by atoms with E-state index in [1.807, 2.05) is 0 Å². The van der Waals surface area contributed by atoms with E-state index in [9.17, 15) is 0 Å². The van der Waals surface area contributed by atoms with Gasteiger partial charge < -0.3 is 10.2 Å². The van der Waals surface area contributed by atoms with Crippen molar-refractivity contribution in [1.82, 2.24) is 9.88 Å². The average molecular weight is 394 g/mol. The number of rotatable bonds is 8. The molecule has 0 atom stereocenters. The summed E-state index contributed by atoms with van der Waals surface area (Å²) in [4.78, 5) is 7.15. The summed E-state index contributed by atoms with van der Waals surface area (Å²) in [6.45, 7) is 10.9. The topological polar surface area (TPSA) is 28.2 Å². The van der Waals surface area contributed by atoms with E-state index < -0.39 is 0 Å². The molecule has 0 saturated carbocycles. The Hall–Kier alpha value is -2.17. The van der Waals surface area contributed by atoms with Gasteiger partial charge in [0.2, 0.25) is 0 Å². The van der Waals surface area contributed by atoms with Crippen molar-refractivity contribution in [2.45, 2.75) is 40.5 Å². The molecule has 0 radical (unpaired) electrons. The van der Waals surface area contributed by atoms with E-state index in [2.05, 4.69) is 86.7 Å². The van der Waals surface area contributed by atoms with Gasteiger partial charge in [0.1, 0.15) is 0 Å². The molecule has 1 aromatic heterocycles. The highest BCUT2D eigenvalue weighted by Gasteiger charge is 2.09. The fourth-order valence-corrected chi connectivity index (χ4v) is 3.97. The highest BCUT2D eigenvalue weighted by molar-refractivity contribution is 7.14. The summed E-state index contributed by atoms with van der Waals surface area (Å²) in [6, 6.07) is 13.3. The van der Waals surface area contributed by atoms with Crippen molar-refractivity contribution in [2.24, 2.45) is 0 Å². The SMILES string of the molecule is CCc1ccc(-c2csc(Nc3cc(C)c(CCN(C)CC)cc3C)n2)cc1. The molecule has 28 heavy (non-hydrogen) atoms. The van der Waals surface area contributed by atoms with Gasteiger partial charge in [-0.25, -0.2) is 4.98 Å². The second-order valence-electron chi connectivity index (χ2n) is 7.45. The smallest absolute Gasteiger partial charge is 0.187 e. The molecule has 0 fully saturated rings. The Balaban J connectivity index is 1.73. The van der Waals surface area contributed by atoms with Crippen molar-refractivity contribution >= 4 is 22.2 Å². The molecule has 0 aliphatic rings. The summed E-state index contributed by atoms with van der Waals surface area (Å²) in [6.07, 6.45) is 2.15. The molecular weight excluding hydrogens is 362 g/mol. The van der Waals surface area contributed by atoms with Gasteiger partial charge in [-0.1, -0.05) is 44.2 Å². The van der Waals surface area contributed by atoms with Gasteiger partial charge in [-0.05, 0) is 68.6 Å². The number of hydrogen-bond donors (Lipinski definition) is 1. The van der Waals surface area contributed by atoms with Crippen LogP contribution in [-0.2, 0) is 12.8 Å². The van der Waals surface area contributed by atoms with Crippen molar-refractivity contribution < 1.29 is 0 Å². The summed E-state index contributed by atoms with van der Waals surface area (Å²) in [5.74, 6) is 0. The number of aryl methyl sites for hydroxylation is 3. The first kappa shape index (κ1) is 20.6. The van der Waals surface area contributed by atoms with E-state index in [-0.39, 0.29) is 0 Å². The number of nitrogens with zero attached hydrogens (tertiary/aromatic N) is 2. The molecule has 4 heteroatoms. The zero-order chi connectivity index (χ0) is 20.1. The quantitative estimate of drug-likeness (QED) is 0.492. The minimum absolute atomic E-state index is 0.940. The molecule has 2 aromatic carbocycles. The molecule has 0 bridgehead atoms. The fourth-order valence-electron chi connectivity index (χ4n) is 3.24. The minimum atomic E-state index is 0.940. The molecule has 3 rings (SSSR count). The van der Waals surface area contributed by atoms with Gasteiger partial charge in [-0.2, -0.15) is 0 Å². The van der Waals surface area contributed by atoms with Gasteiger partial charge in [0.25, 0.3) is 0 Å². The van der Waals surface area contributed by atoms with Crippen molar-refractivity contribution in [1.29, 1.82) is 0 Å². The Bertz CT molecular complexity index is 912. The Labute approximate surface area is 173 Å². The lowest BCUT2D eigenvalue weighted by Gasteiger charge is -2.16. The zero-order valence-electron chi connectivity index (χ0n) is 17.7. The van der Waals surface area contributed by atoms with E-state index in [1.165, 1.54) is 27.8 Å². The Morgan fingerprint density at radius 2 is 1.79 bits per heavy atom. The van der Waals surface area contributed by atoms with Crippen LogP contribution >= 0.6 is 11.3 Å². The second kappa shape index (κ2) is 9.35. The number of thiazole rings is 1. The van der Waals surface area contributed by atoms with Crippen LogP contribution in [0.15, 0.2) is 41.8 Å². The molecule has 148 valence electrons. The zero-order valence-corrected chi connectivity index (χ0v) is 18.5. The molecule has 0 spiro atoms. The monoisotopic (exact) mass is 393 g/mol. The number of aromatic nitrogens is 1. The van der Waals surface area contributed by atoms with Gasteiger partial charge in [0, 0.05) is 23.2 Å². The summed E-state index contributed by atoms with van der Waals surface area (Å²) < 4.78 is 0. The third-order valence-corrected chi connectivity index (χ3v) is 6.15. The highest BCUT2D eigenvalue weighted by atomic mass is 32.1. The molecule has 0 aliphatic heterocycles. The van der Waals surface area contributed by atoms with Gasteiger partial charge in [0.15, 0.2) is 5.13 Å². The van der Waals surface area contributed by atoms with Crippen LogP contribution in [0.1, 0.15) is 36.1 Å². The molecule has 3 nitrogen and oxygen atoms in total. The van der Waals surface area contributed by atoms with Crippen molar-refractivity contribution in [3.05, 3.63) is 64.0 Å².